The number of hydrogen-bond donors (Lipinski definition) is 1. The highest BCUT2D eigenvalue weighted by Crippen LogP contribution is 2.05. The lowest BCUT2D eigenvalue weighted by atomic mass is 10.1. The second-order valence-corrected chi connectivity index (χ2v) is 4.43. The molecule has 0 aliphatic heterocycles. The van der Waals surface area contributed by atoms with Crippen molar-refractivity contribution in [2.45, 2.75) is 45.7 Å². The molecule has 2 atom stereocenters. The van der Waals surface area contributed by atoms with Crippen LogP contribution >= 0.6 is 0 Å². The molecule has 0 bridgehead atoms. The lowest BCUT2D eigenvalue weighted by Gasteiger charge is -2.28. The Balaban J connectivity index is 4.11. The number of carbonyl (C=O) groups is 1. The summed E-state index contributed by atoms with van der Waals surface area (Å²) >= 11 is 0. The van der Waals surface area contributed by atoms with Gasteiger partial charge in [0.05, 0.1) is 13.2 Å². The van der Waals surface area contributed by atoms with E-state index in [4.69, 9.17) is 15.2 Å². The fourth-order valence-corrected chi connectivity index (χ4v) is 1.69. The lowest BCUT2D eigenvalue weighted by Crippen LogP contribution is -2.41. The number of ether oxygens (including phenoxy) is 2. The third-order valence-electron chi connectivity index (χ3n) is 3.11. The molecule has 108 valence electrons. The Labute approximate surface area is 111 Å². The molecule has 0 aromatic rings. The van der Waals surface area contributed by atoms with Gasteiger partial charge in [0, 0.05) is 26.2 Å². The Morgan fingerprint density at radius 3 is 2.50 bits per heavy atom. The molecule has 0 rings (SSSR count). The summed E-state index contributed by atoms with van der Waals surface area (Å²) in [6, 6.07) is -0.0615. The zero-order valence-electron chi connectivity index (χ0n) is 12.1. The third kappa shape index (κ3) is 6.93. The van der Waals surface area contributed by atoms with Crippen molar-refractivity contribution < 1.29 is 14.3 Å². The van der Waals surface area contributed by atoms with E-state index in [0.717, 1.165) is 19.5 Å². The SMILES string of the molecule is CCOC(=O)C(N)CCN(CCOC)C(C)CC. The summed E-state index contributed by atoms with van der Waals surface area (Å²) in [5.74, 6) is -0.312. The molecule has 0 fully saturated rings. The van der Waals surface area contributed by atoms with Crippen LogP contribution in [-0.4, -0.2) is 56.4 Å². The van der Waals surface area contributed by atoms with E-state index in [1.807, 2.05) is 0 Å². The van der Waals surface area contributed by atoms with Gasteiger partial charge in [0.1, 0.15) is 6.04 Å². The molecule has 18 heavy (non-hydrogen) atoms. The van der Waals surface area contributed by atoms with Crippen molar-refractivity contribution in [3.05, 3.63) is 0 Å². The van der Waals surface area contributed by atoms with Gasteiger partial charge in [-0.15, -0.1) is 0 Å². The van der Waals surface area contributed by atoms with Crippen LogP contribution in [0, 0.1) is 0 Å². The molecule has 0 heterocycles. The zero-order valence-corrected chi connectivity index (χ0v) is 12.1. The average molecular weight is 260 g/mol. The number of methoxy groups -OCH3 is 1. The van der Waals surface area contributed by atoms with Gasteiger partial charge in [-0.25, -0.2) is 0 Å². The van der Waals surface area contributed by atoms with Gasteiger partial charge in [0.2, 0.25) is 0 Å². The van der Waals surface area contributed by atoms with E-state index in [-0.39, 0.29) is 5.97 Å². The van der Waals surface area contributed by atoms with Crippen LogP contribution in [0.5, 0.6) is 0 Å². The molecule has 2 N–H and O–H groups in total. The minimum atomic E-state index is -0.529. The van der Waals surface area contributed by atoms with E-state index >= 15 is 0 Å². The quantitative estimate of drug-likeness (QED) is 0.594. The Morgan fingerprint density at radius 2 is 2.00 bits per heavy atom. The molecule has 0 saturated heterocycles. The van der Waals surface area contributed by atoms with Crippen molar-refractivity contribution >= 4 is 5.97 Å². The van der Waals surface area contributed by atoms with Crippen LogP contribution < -0.4 is 5.73 Å². The molecular weight excluding hydrogens is 232 g/mol. The summed E-state index contributed by atoms with van der Waals surface area (Å²) in [4.78, 5) is 13.7. The number of carbonyl (C=O) groups excluding carboxylic acids is 1. The van der Waals surface area contributed by atoms with Gasteiger partial charge < -0.3 is 15.2 Å². The normalized spacial score (nSPS) is 14.6. The number of esters is 1. The van der Waals surface area contributed by atoms with Crippen molar-refractivity contribution in [2.75, 3.05) is 33.4 Å². The fraction of sp³-hybridized carbons (Fsp3) is 0.923. The van der Waals surface area contributed by atoms with E-state index in [0.29, 0.717) is 25.7 Å². The minimum Gasteiger partial charge on any atom is -0.465 e. The molecule has 5 nitrogen and oxygen atoms in total. The Hall–Kier alpha value is -0.650. The maximum absolute atomic E-state index is 11.4. The molecule has 0 aliphatic rings. The van der Waals surface area contributed by atoms with E-state index in [9.17, 15) is 4.79 Å². The Kier molecular flexibility index (Phi) is 9.92. The summed E-state index contributed by atoms with van der Waals surface area (Å²) in [5.41, 5.74) is 5.79. The molecule has 0 radical (unpaired) electrons. The van der Waals surface area contributed by atoms with Gasteiger partial charge in [-0.2, -0.15) is 0 Å². The second-order valence-electron chi connectivity index (χ2n) is 4.43. The summed E-state index contributed by atoms with van der Waals surface area (Å²) in [6.45, 7) is 8.83. The highest BCUT2D eigenvalue weighted by atomic mass is 16.5. The molecular formula is C13H28N2O3. The Bertz CT molecular complexity index is 224. The van der Waals surface area contributed by atoms with E-state index in [2.05, 4.69) is 18.7 Å². The van der Waals surface area contributed by atoms with E-state index < -0.39 is 6.04 Å². The molecule has 0 aromatic heterocycles. The van der Waals surface area contributed by atoms with Gasteiger partial charge in [-0.1, -0.05) is 6.92 Å². The highest BCUT2D eigenvalue weighted by Gasteiger charge is 2.18. The largest absolute Gasteiger partial charge is 0.465 e. The van der Waals surface area contributed by atoms with Crippen LogP contribution in [0.4, 0.5) is 0 Å². The average Bonchev–Trinajstić information content (AvgIpc) is 2.37. The van der Waals surface area contributed by atoms with Gasteiger partial charge in [-0.05, 0) is 26.7 Å². The first-order chi connectivity index (χ1) is 8.56. The standard InChI is InChI=1S/C13H28N2O3/c1-5-11(3)15(9-10-17-4)8-7-12(14)13(16)18-6-2/h11-12H,5-10,14H2,1-4H3. The topological polar surface area (TPSA) is 64.8 Å². The Morgan fingerprint density at radius 1 is 1.33 bits per heavy atom. The first-order valence-corrected chi connectivity index (χ1v) is 6.71. The smallest absolute Gasteiger partial charge is 0.322 e. The van der Waals surface area contributed by atoms with Crippen molar-refractivity contribution in [1.82, 2.24) is 4.90 Å². The van der Waals surface area contributed by atoms with E-state index in [1.165, 1.54) is 0 Å². The van der Waals surface area contributed by atoms with Crippen molar-refractivity contribution in [1.29, 1.82) is 0 Å². The number of hydrogen-bond acceptors (Lipinski definition) is 5. The first kappa shape index (κ1) is 17.4. The monoisotopic (exact) mass is 260 g/mol. The van der Waals surface area contributed by atoms with Crippen LogP contribution in [0.25, 0.3) is 0 Å². The van der Waals surface area contributed by atoms with Crippen LogP contribution in [0.3, 0.4) is 0 Å². The maximum atomic E-state index is 11.4. The predicted octanol–water partition coefficient (Wildman–Crippen LogP) is 1.01. The molecule has 5 heteroatoms. The molecule has 0 amide bonds. The molecule has 0 aliphatic carbocycles. The lowest BCUT2D eigenvalue weighted by molar-refractivity contribution is -0.144. The maximum Gasteiger partial charge on any atom is 0.322 e. The van der Waals surface area contributed by atoms with Crippen molar-refractivity contribution in [3.8, 4) is 0 Å². The number of nitrogens with zero attached hydrogens (tertiary/aromatic N) is 1. The van der Waals surface area contributed by atoms with Crippen LogP contribution in [0.2, 0.25) is 0 Å². The molecule has 0 aromatic carbocycles. The van der Waals surface area contributed by atoms with Crippen molar-refractivity contribution in [2.24, 2.45) is 5.73 Å². The van der Waals surface area contributed by atoms with Crippen LogP contribution in [0.1, 0.15) is 33.6 Å². The third-order valence-corrected chi connectivity index (χ3v) is 3.11. The number of nitrogens with two attached hydrogens (primary N) is 1. The van der Waals surface area contributed by atoms with Gasteiger partial charge in [0.25, 0.3) is 0 Å². The summed E-state index contributed by atoms with van der Waals surface area (Å²) in [6.07, 6.45) is 1.69. The molecule has 0 saturated carbocycles. The number of rotatable bonds is 10. The minimum absolute atomic E-state index is 0.312. The molecule has 2 unspecified atom stereocenters. The summed E-state index contributed by atoms with van der Waals surface area (Å²) in [5, 5.41) is 0. The van der Waals surface area contributed by atoms with Crippen LogP contribution in [0.15, 0.2) is 0 Å². The van der Waals surface area contributed by atoms with Crippen LogP contribution in [-0.2, 0) is 14.3 Å². The molecule has 0 spiro atoms. The zero-order chi connectivity index (χ0) is 14.0. The highest BCUT2D eigenvalue weighted by molar-refractivity contribution is 5.75. The first-order valence-electron chi connectivity index (χ1n) is 6.71. The van der Waals surface area contributed by atoms with Crippen molar-refractivity contribution in [3.63, 3.8) is 0 Å². The van der Waals surface area contributed by atoms with Gasteiger partial charge in [-0.3, -0.25) is 9.69 Å². The fourth-order valence-electron chi connectivity index (χ4n) is 1.69. The predicted molar refractivity (Wildman–Crippen MR) is 72.4 cm³/mol. The second kappa shape index (κ2) is 10.3. The van der Waals surface area contributed by atoms with Gasteiger partial charge in [0.15, 0.2) is 0 Å². The summed E-state index contributed by atoms with van der Waals surface area (Å²) in [7, 11) is 1.69. The van der Waals surface area contributed by atoms with Gasteiger partial charge >= 0.3 is 5.97 Å². The van der Waals surface area contributed by atoms with E-state index in [1.54, 1.807) is 14.0 Å². The summed E-state index contributed by atoms with van der Waals surface area (Å²) < 4.78 is 9.99.